The van der Waals surface area contributed by atoms with Crippen LogP contribution in [0.1, 0.15) is 18.4 Å². The topological polar surface area (TPSA) is 95.2 Å². The number of methoxy groups -OCH3 is 1. The highest BCUT2D eigenvalue weighted by Crippen LogP contribution is 2.10. The zero-order chi connectivity index (χ0) is 13.4. The van der Waals surface area contributed by atoms with Crippen molar-refractivity contribution in [3.63, 3.8) is 0 Å². The average molecular weight is 249 g/mol. The fraction of sp³-hybridized carbons (Fsp3) is 0.417. The lowest BCUT2D eigenvalue weighted by atomic mass is 10.1. The second kappa shape index (κ2) is 7.25. The number of aromatic nitrogens is 1. The van der Waals surface area contributed by atoms with E-state index in [1.54, 1.807) is 13.2 Å². The molecule has 6 heteroatoms. The number of anilines is 1. The fourth-order valence-corrected chi connectivity index (χ4v) is 1.45. The standard InChI is InChI=1S/C12H15N3O3/c1-18-6-2-3-10(12(16)17)15-11-7-9(8-13)4-5-14-11/h4-5,7,10H,2-3,6H2,1H3,(H,14,15)(H,16,17). The molecule has 18 heavy (non-hydrogen) atoms. The second-order valence-corrected chi connectivity index (χ2v) is 3.71. The first-order valence-corrected chi connectivity index (χ1v) is 5.52. The normalized spacial score (nSPS) is 11.6. The largest absolute Gasteiger partial charge is 0.480 e. The van der Waals surface area contributed by atoms with Gasteiger partial charge in [0, 0.05) is 19.9 Å². The number of hydrogen-bond donors (Lipinski definition) is 2. The molecule has 0 bridgehead atoms. The Balaban J connectivity index is 2.65. The van der Waals surface area contributed by atoms with E-state index in [-0.39, 0.29) is 0 Å². The SMILES string of the molecule is COCCCC(Nc1cc(C#N)ccn1)C(=O)O. The molecule has 0 saturated carbocycles. The van der Waals surface area contributed by atoms with E-state index in [2.05, 4.69) is 10.3 Å². The highest BCUT2D eigenvalue weighted by atomic mass is 16.5. The number of carboxylic acids is 1. The molecule has 96 valence electrons. The summed E-state index contributed by atoms with van der Waals surface area (Å²) in [6.45, 7) is 0.511. The Kier molecular flexibility index (Phi) is 5.61. The lowest BCUT2D eigenvalue weighted by Crippen LogP contribution is -2.29. The molecule has 1 atom stereocenters. The smallest absolute Gasteiger partial charge is 0.326 e. The molecule has 1 aromatic rings. The molecule has 6 nitrogen and oxygen atoms in total. The molecule has 0 amide bonds. The van der Waals surface area contributed by atoms with E-state index in [0.717, 1.165) is 0 Å². The van der Waals surface area contributed by atoms with E-state index in [1.165, 1.54) is 12.3 Å². The number of aliphatic carboxylic acids is 1. The number of nitriles is 1. The predicted molar refractivity (Wildman–Crippen MR) is 65.1 cm³/mol. The van der Waals surface area contributed by atoms with Crippen LogP contribution in [0.15, 0.2) is 18.3 Å². The highest BCUT2D eigenvalue weighted by molar-refractivity contribution is 5.76. The Bertz CT molecular complexity index is 442. The minimum Gasteiger partial charge on any atom is -0.480 e. The maximum Gasteiger partial charge on any atom is 0.326 e. The molecular formula is C12H15N3O3. The van der Waals surface area contributed by atoms with Gasteiger partial charge in [-0.25, -0.2) is 9.78 Å². The van der Waals surface area contributed by atoms with Gasteiger partial charge in [0.15, 0.2) is 0 Å². The van der Waals surface area contributed by atoms with Gasteiger partial charge >= 0.3 is 5.97 Å². The lowest BCUT2D eigenvalue weighted by molar-refractivity contribution is -0.138. The third kappa shape index (κ3) is 4.39. The van der Waals surface area contributed by atoms with Crippen LogP contribution in [0, 0.1) is 11.3 Å². The zero-order valence-electron chi connectivity index (χ0n) is 10.1. The van der Waals surface area contributed by atoms with Crippen molar-refractivity contribution < 1.29 is 14.6 Å². The van der Waals surface area contributed by atoms with E-state index < -0.39 is 12.0 Å². The number of rotatable bonds is 7. The van der Waals surface area contributed by atoms with Gasteiger partial charge in [0.05, 0.1) is 11.6 Å². The lowest BCUT2D eigenvalue weighted by Gasteiger charge is -2.14. The molecule has 0 aliphatic carbocycles. The Hall–Kier alpha value is -2.13. The van der Waals surface area contributed by atoms with E-state index in [0.29, 0.717) is 30.8 Å². The summed E-state index contributed by atoms with van der Waals surface area (Å²) in [6, 6.07) is 4.32. The van der Waals surface area contributed by atoms with Crippen LogP contribution in [0.2, 0.25) is 0 Å². The van der Waals surface area contributed by atoms with Gasteiger partial charge in [-0.1, -0.05) is 0 Å². The summed E-state index contributed by atoms with van der Waals surface area (Å²) in [5, 5.41) is 20.6. The van der Waals surface area contributed by atoms with Crippen LogP contribution in [-0.2, 0) is 9.53 Å². The maximum atomic E-state index is 11.1. The van der Waals surface area contributed by atoms with Crippen LogP contribution >= 0.6 is 0 Å². The monoisotopic (exact) mass is 249 g/mol. The number of nitrogens with one attached hydrogen (secondary N) is 1. The summed E-state index contributed by atoms with van der Waals surface area (Å²) in [5.74, 6) is -0.561. The van der Waals surface area contributed by atoms with Gasteiger partial charge in [0.25, 0.3) is 0 Å². The third-order valence-corrected chi connectivity index (χ3v) is 2.35. The summed E-state index contributed by atoms with van der Waals surface area (Å²) < 4.78 is 4.88. The Morgan fingerprint density at radius 2 is 2.50 bits per heavy atom. The van der Waals surface area contributed by atoms with Crippen molar-refractivity contribution in [1.82, 2.24) is 4.98 Å². The minimum atomic E-state index is -0.949. The average Bonchev–Trinajstić information content (AvgIpc) is 2.38. The van der Waals surface area contributed by atoms with Gasteiger partial charge in [-0.2, -0.15) is 5.26 Å². The van der Waals surface area contributed by atoms with Crippen molar-refractivity contribution in [3.8, 4) is 6.07 Å². The van der Waals surface area contributed by atoms with Gasteiger partial charge in [0.1, 0.15) is 11.9 Å². The Morgan fingerprint density at radius 1 is 1.72 bits per heavy atom. The Labute approximate surface area is 105 Å². The van der Waals surface area contributed by atoms with Crippen LogP contribution in [0.5, 0.6) is 0 Å². The quantitative estimate of drug-likeness (QED) is 0.706. The van der Waals surface area contributed by atoms with E-state index in [9.17, 15) is 4.79 Å². The molecule has 0 fully saturated rings. The van der Waals surface area contributed by atoms with Gasteiger partial charge < -0.3 is 15.2 Å². The van der Waals surface area contributed by atoms with Crippen LogP contribution in [0.25, 0.3) is 0 Å². The first-order chi connectivity index (χ1) is 8.67. The summed E-state index contributed by atoms with van der Waals surface area (Å²) in [7, 11) is 1.57. The van der Waals surface area contributed by atoms with Crippen LogP contribution in [-0.4, -0.2) is 35.8 Å². The van der Waals surface area contributed by atoms with Crippen LogP contribution in [0.4, 0.5) is 5.82 Å². The second-order valence-electron chi connectivity index (χ2n) is 3.71. The molecule has 0 aromatic carbocycles. The van der Waals surface area contributed by atoms with Gasteiger partial charge in [-0.15, -0.1) is 0 Å². The van der Waals surface area contributed by atoms with Crippen molar-refractivity contribution in [2.75, 3.05) is 19.0 Å². The van der Waals surface area contributed by atoms with Gasteiger partial charge in [-0.05, 0) is 25.0 Å². The number of carboxylic acid groups (broad SMARTS) is 1. The molecule has 0 aliphatic heterocycles. The number of nitrogens with zero attached hydrogens (tertiary/aromatic N) is 2. The summed E-state index contributed by atoms with van der Waals surface area (Å²) in [6.07, 6.45) is 2.54. The number of carbonyl (C=O) groups is 1. The van der Waals surface area contributed by atoms with E-state index in [4.69, 9.17) is 15.1 Å². The molecule has 1 heterocycles. The summed E-state index contributed by atoms with van der Waals surface area (Å²) in [5.41, 5.74) is 0.438. The molecule has 0 radical (unpaired) electrons. The van der Waals surface area contributed by atoms with Gasteiger partial charge in [0.2, 0.25) is 0 Å². The predicted octanol–water partition coefficient (Wildman–Crippen LogP) is 1.24. The first kappa shape index (κ1) is 13.9. The van der Waals surface area contributed by atoms with E-state index >= 15 is 0 Å². The van der Waals surface area contributed by atoms with Crippen molar-refractivity contribution in [2.45, 2.75) is 18.9 Å². The van der Waals surface area contributed by atoms with Gasteiger partial charge in [-0.3, -0.25) is 0 Å². The number of ether oxygens (including phenoxy) is 1. The van der Waals surface area contributed by atoms with Crippen LogP contribution < -0.4 is 5.32 Å². The molecule has 0 saturated heterocycles. The molecule has 0 spiro atoms. The van der Waals surface area contributed by atoms with E-state index in [1.807, 2.05) is 6.07 Å². The molecular weight excluding hydrogens is 234 g/mol. The van der Waals surface area contributed by atoms with Crippen LogP contribution in [0.3, 0.4) is 0 Å². The number of hydrogen-bond acceptors (Lipinski definition) is 5. The first-order valence-electron chi connectivity index (χ1n) is 5.52. The fourth-order valence-electron chi connectivity index (χ4n) is 1.45. The highest BCUT2D eigenvalue weighted by Gasteiger charge is 2.17. The summed E-state index contributed by atoms with van der Waals surface area (Å²) in [4.78, 5) is 15.0. The summed E-state index contributed by atoms with van der Waals surface area (Å²) >= 11 is 0. The van der Waals surface area contributed by atoms with Crippen molar-refractivity contribution in [1.29, 1.82) is 5.26 Å². The molecule has 2 N–H and O–H groups in total. The Morgan fingerprint density at radius 3 is 3.11 bits per heavy atom. The zero-order valence-corrected chi connectivity index (χ0v) is 10.1. The van der Waals surface area contributed by atoms with Crippen molar-refractivity contribution in [3.05, 3.63) is 23.9 Å². The molecule has 0 aliphatic rings. The number of pyridine rings is 1. The molecule has 1 rings (SSSR count). The van der Waals surface area contributed by atoms with Crippen molar-refractivity contribution >= 4 is 11.8 Å². The minimum absolute atomic E-state index is 0.388. The third-order valence-electron chi connectivity index (χ3n) is 2.35. The maximum absolute atomic E-state index is 11.1. The molecule has 1 unspecified atom stereocenters. The molecule has 1 aromatic heterocycles. The van der Waals surface area contributed by atoms with Crippen molar-refractivity contribution in [2.24, 2.45) is 0 Å².